The van der Waals surface area contributed by atoms with Crippen molar-refractivity contribution in [1.29, 1.82) is 0 Å². The molecule has 2 bridgehead atoms. The number of carbonyl (C=O) groups is 4. The molecule has 4 aliphatic heterocycles. The molecule has 4 heterocycles. The van der Waals surface area contributed by atoms with Crippen LogP contribution in [0.2, 0.25) is 10.0 Å². The predicted octanol–water partition coefficient (Wildman–Crippen LogP) is 3.84. The Morgan fingerprint density at radius 2 is 1.56 bits per heavy atom. The van der Waals surface area contributed by atoms with Gasteiger partial charge in [-0.05, 0) is 62.4 Å². The van der Waals surface area contributed by atoms with E-state index in [2.05, 4.69) is 6.58 Å². The fourth-order valence-corrected chi connectivity index (χ4v) is 9.24. The maximum Gasteiger partial charge on any atom is 0.355 e. The van der Waals surface area contributed by atoms with Crippen molar-refractivity contribution >= 4 is 56.9 Å². The zero-order chi connectivity index (χ0) is 29.2. The number of hydroxylamine groups is 2. The van der Waals surface area contributed by atoms with Gasteiger partial charge >= 0.3 is 5.97 Å². The van der Waals surface area contributed by atoms with E-state index in [1.165, 1.54) is 39.5 Å². The zero-order valence-electron chi connectivity index (χ0n) is 21.6. The molecular weight excluding hydrogens is 593 g/mol. The summed E-state index contributed by atoms with van der Waals surface area (Å²) in [6.07, 6.45) is 3.56. The van der Waals surface area contributed by atoms with Crippen molar-refractivity contribution in [2.24, 2.45) is 5.92 Å². The lowest BCUT2D eigenvalue weighted by molar-refractivity contribution is -0.176. The molecule has 4 aliphatic rings. The number of benzene rings is 2. The van der Waals surface area contributed by atoms with Crippen LogP contribution >= 0.6 is 23.2 Å². The van der Waals surface area contributed by atoms with Crippen molar-refractivity contribution in [3.05, 3.63) is 76.3 Å². The van der Waals surface area contributed by atoms with Crippen molar-refractivity contribution in [3.63, 3.8) is 0 Å². The number of carbonyl (C=O) groups excluding carboxylic acids is 4. The molecule has 0 aliphatic carbocycles. The van der Waals surface area contributed by atoms with Gasteiger partial charge in [0.25, 0.3) is 11.8 Å². The second kappa shape index (κ2) is 10.2. The van der Waals surface area contributed by atoms with E-state index in [4.69, 9.17) is 28.0 Å². The van der Waals surface area contributed by atoms with Crippen LogP contribution in [0.15, 0.2) is 60.0 Å². The number of fused-ring (bicyclic) bond motifs is 4. The molecule has 1 unspecified atom stereocenters. The highest BCUT2D eigenvalue weighted by molar-refractivity contribution is 7.89. The molecule has 2 aromatic carbocycles. The van der Waals surface area contributed by atoms with Crippen molar-refractivity contribution in [1.82, 2.24) is 14.3 Å². The third kappa shape index (κ3) is 4.37. The highest BCUT2D eigenvalue weighted by Gasteiger charge is 2.57. The lowest BCUT2D eigenvalue weighted by Gasteiger charge is -2.40. The molecule has 0 N–H and O–H groups in total. The van der Waals surface area contributed by atoms with Crippen LogP contribution in [0.4, 0.5) is 0 Å². The molecule has 0 aromatic heterocycles. The normalized spacial score (nSPS) is 27.9. The molecule has 41 heavy (non-hydrogen) atoms. The monoisotopic (exact) mass is 617 g/mol. The van der Waals surface area contributed by atoms with E-state index in [1.807, 2.05) is 0 Å². The van der Waals surface area contributed by atoms with E-state index in [0.29, 0.717) is 24.3 Å². The van der Waals surface area contributed by atoms with E-state index in [0.717, 1.165) is 0 Å². The highest BCUT2D eigenvalue weighted by Crippen LogP contribution is 2.45. The van der Waals surface area contributed by atoms with Gasteiger partial charge in [-0.3, -0.25) is 14.4 Å². The first-order valence-electron chi connectivity index (χ1n) is 13.2. The fraction of sp³-hybridized carbons (Fsp3) is 0.357. The minimum absolute atomic E-state index is 0.114. The fourth-order valence-electron chi connectivity index (χ4n) is 6.65. The van der Waals surface area contributed by atoms with Gasteiger partial charge in [0, 0.05) is 28.0 Å². The van der Waals surface area contributed by atoms with Gasteiger partial charge in [0.2, 0.25) is 15.9 Å². The average molecular weight is 618 g/mol. The minimum Gasteiger partial charge on any atom is -0.327 e. The van der Waals surface area contributed by atoms with E-state index in [1.54, 1.807) is 18.2 Å². The number of hydrogen-bond acceptors (Lipinski definition) is 7. The van der Waals surface area contributed by atoms with Crippen LogP contribution in [-0.2, 0) is 24.4 Å². The molecule has 3 amide bonds. The Balaban J connectivity index is 1.34. The van der Waals surface area contributed by atoms with Gasteiger partial charge in [0.15, 0.2) is 0 Å². The van der Waals surface area contributed by atoms with Gasteiger partial charge in [-0.2, -0.15) is 4.31 Å². The summed E-state index contributed by atoms with van der Waals surface area (Å²) in [7, 11) is -4.24. The second-order valence-corrected chi connectivity index (χ2v) is 13.2. The van der Waals surface area contributed by atoms with E-state index < -0.39 is 63.8 Å². The van der Waals surface area contributed by atoms with Gasteiger partial charge in [-0.1, -0.05) is 46.5 Å². The number of imide groups is 1. The first kappa shape index (κ1) is 27.9. The summed E-state index contributed by atoms with van der Waals surface area (Å²) in [5.74, 6) is -3.51. The number of amides is 3. The Hall–Kier alpha value is -3.25. The lowest BCUT2D eigenvalue weighted by Crippen LogP contribution is -2.56. The molecule has 0 radical (unpaired) electrons. The van der Waals surface area contributed by atoms with Crippen molar-refractivity contribution < 1.29 is 32.4 Å². The summed E-state index contributed by atoms with van der Waals surface area (Å²) >= 11 is 12.2. The zero-order valence-corrected chi connectivity index (χ0v) is 23.9. The van der Waals surface area contributed by atoms with Gasteiger partial charge in [-0.25, -0.2) is 13.2 Å². The third-order valence-corrected chi connectivity index (χ3v) is 10.7. The summed E-state index contributed by atoms with van der Waals surface area (Å²) in [4.78, 5) is 59.8. The van der Waals surface area contributed by atoms with E-state index in [9.17, 15) is 27.6 Å². The van der Waals surface area contributed by atoms with E-state index in [-0.39, 0.29) is 38.9 Å². The molecule has 5 atom stereocenters. The summed E-state index contributed by atoms with van der Waals surface area (Å²) < 4.78 is 29.3. The largest absolute Gasteiger partial charge is 0.355 e. The maximum atomic E-state index is 14.2. The Labute approximate surface area is 246 Å². The number of piperidine rings is 1. The van der Waals surface area contributed by atoms with Crippen LogP contribution in [0.3, 0.4) is 0 Å². The van der Waals surface area contributed by atoms with Crippen LogP contribution in [-0.4, -0.2) is 70.5 Å². The summed E-state index contributed by atoms with van der Waals surface area (Å²) in [5, 5.41) is 0.699. The summed E-state index contributed by atoms with van der Waals surface area (Å²) in [5.41, 5.74) is 0.228. The Kier molecular flexibility index (Phi) is 6.96. The number of sulfonamides is 1. The first-order valence-corrected chi connectivity index (χ1v) is 15.4. The summed E-state index contributed by atoms with van der Waals surface area (Å²) in [6, 6.07) is 6.78. The smallest absolute Gasteiger partial charge is 0.327 e. The van der Waals surface area contributed by atoms with Gasteiger partial charge in [-0.15, -0.1) is 6.58 Å². The van der Waals surface area contributed by atoms with Gasteiger partial charge in [0.05, 0.1) is 16.0 Å². The standard InChI is InChI=1S/C28H25Cl2N3O7S/c1-2-18-21-10-11-24(28(37)40-32-25(34)19-6-3-4-7-20(19)26(32)35)31(21)27(36)23-9-5-8-22(18)33(23)41(38,39)17-13-15(29)12-16(30)14-17/h2-4,6-7,12-14,18,21-24H,1,5,8-11H2/t18-,21-,22-,23?,24-/m0/s1. The van der Waals surface area contributed by atoms with Gasteiger partial charge < -0.3 is 9.74 Å². The van der Waals surface area contributed by atoms with Crippen LogP contribution in [0.1, 0.15) is 52.8 Å². The van der Waals surface area contributed by atoms with E-state index >= 15 is 0 Å². The first-order chi connectivity index (χ1) is 19.5. The van der Waals surface area contributed by atoms with Crippen molar-refractivity contribution in [2.75, 3.05) is 0 Å². The quantitative estimate of drug-likeness (QED) is 0.369. The average Bonchev–Trinajstić information content (AvgIpc) is 3.46. The number of hydrogen-bond donors (Lipinski definition) is 0. The molecule has 10 nitrogen and oxygen atoms in total. The molecular formula is C28H25Cl2N3O7S. The number of rotatable bonds is 5. The second-order valence-electron chi connectivity index (χ2n) is 10.5. The molecule has 214 valence electrons. The number of halogens is 2. The SMILES string of the molecule is C=C[C@H]1[C@@H]2CC[C@@H](C(=O)ON3C(=O)c4ccccc4C3=O)N2C(=O)C2CCC[C@@H]1N2S(=O)(=O)c1cc(Cl)cc(Cl)c1. The van der Waals surface area contributed by atoms with Crippen LogP contribution < -0.4 is 0 Å². The molecule has 0 saturated carbocycles. The highest BCUT2D eigenvalue weighted by atomic mass is 35.5. The van der Waals surface area contributed by atoms with Crippen molar-refractivity contribution in [3.8, 4) is 0 Å². The van der Waals surface area contributed by atoms with Crippen molar-refractivity contribution in [2.45, 2.75) is 61.2 Å². The maximum absolute atomic E-state index is 14.2. The van der Waals surface area contributed by atoms with Gasteiger partial charge in [0.1, 0.15) is 12.1 Å². The minimum atomic E-state index is -4.24. The number of nitrogens with zero attached hydrogens (tertiary/aromatic N) is 3. The molecule has 6 rings (SSSR count). The molecule has 3 fully saturated rings. The molecule has 3 saturated heterocycles. The Morgan fingerprint density at radius 3 is 2.17 bits per heavy atom. The third-order valence-electron chi connectivity index (χ3n) is 8.36. The van der Waals surface area contributed by atoms with Crippen LogP contribution in [0.5, 0.6) is 0 Å². The summed E-state index contributed by atoms with van der Waals surface area (Å²) in [6.45, 7) is 3.96. The molecule has 0 spiro atoms. The van der Waals surface area contributed by atoms with Crippen LogP contribution in [0, 0.1) is 5.92 Å². The van der Waals surface area contributed by atoms with Crippen LogP contribution in [0.25, 0.3) is 0 Å². The topological polar surface area (TPSA) is 121 Å². The molecule has 2 aromatic rings. The Bertz CT molecular complexity index is 1560. The lowest BCUT2D eigenvalue weighted by atomic mass is 9.85. The Morgan fingerprint density at radius 1 is 0.927 bits per heavy atom. The molecule has 13 heteroatoms. The predicted molar refractivity (Wildman–Crippen MR) is 147 cm³/mol.